The molecule has 0 radical (unpaired) electrons. The highest BCUT2D eigenvalue weighted by atomic mass is 35.5. The van der Waals surface area contributed by atoms with Gasteiger partial charge in [-0.3, -0.25) is 28.9 Å². The Labute approximate surface area is 398 Å². The van der Waals surface area contributed by atoms with E-state index in [-0.39, 0.29) is 63.7 Å². The van der Waals surface area contributed by atoms with Crippen LogP contribution >= 0.6 is 11.6 Å². The van der Waals surface area contributed by atoms with E-state index in [2.05, 4.69) is 64.0 Å². The number of likely N-dealkylation sites (tertiary alicyclic amines) is 1. The van der Waals surface area contributed by atoms with Crippen molar-refractivity contribution >= 4 is 41.1 Å². The van der Waals surface area contributed by atoms with E-state index in [9.17, 15) is 29.1 Å². The summed E-state index contributed by atoms with van der Waals surface area (Å²) in [5.74, 6) is -1.45. The third-order valence-electron chi connectivity index (χ3n) is 19.9. The van der Waals surface area contributed by atoms with Gasteiger partial charge in [-0.15, -0.1) is 0 Å². The Morgan fingerprint density at radius 2 is 1.58 bits per heavy atom. The first-order valence-electron chi connectivity index (χ1n) is 25.2. The van der Waals surface area contributed by atoms with Gasteiger partial charge in [0.25, 0.3) is 5.91 Å². The Hall–Kier alpha value is -3.44. The van der Waals surface area contributed by atoms with E-state index >= 15 is 0 Å². The van der Waals surface area contributed by atoms with Crippen molar-refractivity contribution in [2.24, 2.45) is 62.6 Å². The topological polar surface area (TPSA) is 151 Å². The van der Waals surface area contributed by atoms with Gasteiger partial charge in [-0.05, 0) is 172 Å². The predicted molar refractivity (Wildman–Crippen MR) is 255 cm³/mol. The van der Waals surface area contributed by atoms with Crippen molar-refractivity contribution in [2.45, 2.75) is 170 Å². The first-order chi connectivity index (χ1) is 30.7. The number of carbonyl (C=O) groups excluding carboxylic acids is 4. The maximum Gasteiger partial charge on any atom is 0.309 e. The number of rotatable bonds is 12. The first kappa shape index (κ1) is 49.0. The predicted octanol–water partition coefficient (Wildman–Crippen LogP) is 9.83. The summed E-state index contributed by atoms with van der Waals surface area (Å²) in [6.45, 7) is 26.8. The molecule has 10 atom stereocenters. The molecule has 5 saturated carbocycles. The molecule has 364 valence electrons. The SMILES string of the molecule is CC(C)C1=C2[C@H]3CC[C@@H]4[C@@]5(C)CC[C@H](OC(=O)[C@H]6C[C@@H](C(=O)O)C6(C)C)C(C)(C)[C@@H]5CC[C@@]4(C)[C@]3(C)CC[C@@]2(NC(=O)C(C)(C)NC(=O)c2ccc(Cl)cc2OCCN2CCCC2)CC1=O. The monoisotopic (exact) mass is 932 g/mol. The van der Waals surface area contributed by atoms with Crippen molar-refractivity contribution < 1.29 is 38.6 Å². The maximum atomic E-state index is 14.7. The second-order valence-electron chi connectivity index (χ2n) is 24.6. The van der Waals surface area contributed by atoms with Crippen molar-refractivity contribution in [3.05, 3.63) is 39.9 Å². The van der Waals surface area contributed by atoms with E-state index in [4.69, 9.17) is 21.1 Å². The lowest BCUT2D eigenvalue weighted by atomic mass is 9.33. The Morgan fingerprint density at radius 3 is 2.23 bits per heavy atom. The number of halogens is 1. The minimum atomic E-state index is -1.32. The maximum absolute atomic E-state index is 14.7. The van der Waals surface area contributed by atoms with E-state index < -0.39 is 40.2 Å². The van der Waals surface area contributed by atoms with Crippen molar-refractivity contribution in [1.29, 1.82) is 0 Å². The standard InChI is InChI=1S/C54H78ClN3O8/c1-31(2)42-37(59)30-54(57-47(64)50(7,8)56-44(60)33-15-14-32(55)28-38(33)65-27-26-58-24-12-13-25-58)23-22-52(10)34(43(42)54)16-17-40-51(9)20-19-41(49(5,6)39(51)18-21-53(40,52)11)66-46(63)36-29-35(45(61)62)48(36,3)4/h14-15,28,31,34-36,39-41H,12-13,16-27,29-30H2,1-11H3,(H,56,60)(H,57,64)(H,61,62)/t34-,35+,36-,39+,40-,41+,51+,52-,53-,54-/m1/s1. The number of benzene rings is 1. The number of allylic oxidation sites excluding steroid dienone is 1. The lowest BCUT2D eigenvalue weighted by molar-refractivity contribution is -0.235. The van der Waals surface area contributed by atoms with E-state index in [1.807, 2.05) is 13.8 Å². The molecule has 8 rings (SSSR count). The molecule has 6 aliphatic carbocycles. The van der Waals surface area contributed by atoms with Crippen LogP contribution in [0.1, 0.15) is 164 Å². The number of ether oxygens (including phenoxy) is 2. The molecule has 0 bridgehead atoms. The number of hydrogen-bond donors (Lipinski definition) is 3. The highest BCUT2D eigenvalue weighted by molar-refractivity contribution is 6.30. The molecule has 1 aromatic carbocycles. The zero-order chi connectivity index (χ0) is 48.2. The molecule has 11 nitrogen and oxygen atoms in total. The second kappa shape index (κ2) is 16.9. The van der Waals surface area contributed by atoms with Gasteiger partial charge >= 0.3 is 11.9 Å². The Morgan fingerprint density at radius 1 is 0.879 bits per heavy atom. The van der Waals surface area contributed by atoms with Crippen molar-refractivity contribution in [2.75, 3.05) is 26.2 Å². The molecule has 1 aliphatic heterocycles. The zero-order valence-corrected chi connectivity index (χ0v) is 42.5. The van der Waals surface area contributed by atoms with E-state index in [0.717, 1.165) is 75.7 Å². The molecule has 2 amide bonds. The second-order valence-corrected chi connectivity index (χ2v) is 25.1. The number of nitrogens with one attached hydrogen (secondary N) is 2. The summed E-state index contributed by atoms with van der Waals surface area (Å²) >= 11 is 6.38. The van der Waals surface area contributed by atoms with Gasteiger partial charge in [-0.2, -0.15) is 0 Å². The number of Topliss-reactive ketones (excluding diaryl/α,β-unsaturated/α-hetero) is 1. The van der Waals surface area contributed by atoms with Crippen LogP contribution in [0.15, 0.2) is 29.3 Å². The largest absolute Gasteiger partial charge is 0.491 e. The molecule has 1 heterocycles. The van der Waals surface area contributed by atoms with E-state index in [1.165, 1.54) is 12.8 Å². The number of aliphatic carboxylic acids is 1. The Balaban J connectivity index is 1.00. The summed E-state index contributed by atoms with van der Waals surface area (Å²) in [7, 11) is 0. The minimum absolute atomic E-state index is 0.00609. The molecule has 66 heavy (non-hydrogen) atoms. The fraction of sp³-hybridized carbons (Fsp3) is 0.759. The van der Waals surface area contributed by atoms with Crippen LogP contribution in [0.25, 0.3) is 0 Å². The zero-order valence-electron chi connectivity index (χ0n) is 41.7. The van der Waals surface area contributed by atoms with Crippen LogP contribution in [-0.4, -0.2) is 83.0 Å². The number of amides is 2. The van der Waals surface area contributed by atoms with Gasteiger partial charge in [0, 0.05) is 23.4 Å². The fourth-order valence-electron chi connectivity index (χ4n) is 15.8. The third kappa shape index (κ3) is 7.74. The van der Waals surface area contributed by atoms with Gasteiger partial charge < -0.3 is 25.2 Å². The quantitative estimate of drug-likeness (QED) is 0.174. The number of fused-ring (bicyclic) bond motifs is 7. The molecular weight excluding hydrogens is 854 g/mol. The van der Waals surface area contributed by atoms with Gasteiger partial charge in [-0.25, -0.2) is 0 Å². The van der Waals surface area contributed by atoms with Gasteiger partial charge in [0.2, 0.25) is 5.91 Å². The smallest absolute Gasteiger partial charge is 0.309 e. The van der Waals surface area contributed by atoms with Crippen LogP contribution in [0.3, 0.4) is 0 Å². The highest BCUT2D eigenvalue weighted by Gasteiger charge is 2.71. The summed E-state index contributed by atoms with van der Waals surface area (Å²) in [5.41, 5.74) is -0.912. The van der Waals surface area contributed by atoms with Crippen LogP contribution in [0, 0.1) is 62.6 Å². The van der Waals surface area contributed by atoms with Gasteiger partial charge in [0.15, 0.2) is 5.78 Å². The number of esters is 1. The summed E-state index contributed by atoms with van der Waals surface area (Å²) in [4.78, 5) is 71.0. The van der Waals surface area contributed by atoms with Gasteiger partial charge in [-0.1, -0.05) is 73.9 Å². The average Bonchev–Trinajstić information content (AvgIpc) is 3.84. The fourth-order valence-corrected chi connectivity index (χ4v) is 15.9. The van der Waals surface area contributed by atoms with Gasteiger partial charge in [0.05, 0.1) is 22.9 Å². The summed E-state index contributed by atoms with van der Waals surface area (Å²) in [6.07, 6.45) is 9.88. The van der Waals surface area contributed by atoms with Crippen LogP contribution in [0.5, 0.6) is 5.75 Å². The number of carbonyl (C=O) groups is 5. The van der Waals surface area contributed by atoms with Crippen LogP contribution < -0.4 is 15.4 Å². The molecule has 3 N–H and O–H groups in total. The summed E-state index contributed by atoms with van der Waals surface area (Å²) in [5, 5.41) is 16.7. The highest BCUT2D eigenvalue weighted by Crippen LogP contribution is 2.76. The molecule has 1 aromatic rings. The molecular formula is C54H78ClN3O8. The number of nitrogens with zero attached hydrogens (tertiary/aromatic N) is 1. The molecule has 0 spiro atoms. The first-order valence-corrected chi connectivity index (χ1v) is 25.6. The number of carboxylic acid groups (broad SMARTS) is 1. The normalized spacial score (nSPS) is 36.9. The summed E-state index contributed by atoms with van der Waals surface area (Å²) in [6, 6.07) is 4.96. The van der Waals surface area contributed by atoms with E-state index in [0.29, 0.717) is 47.6 Å². The molecule has 12 heteroatoms. The lowest BCUT2D eigenvalue weighted by Crippen LogP contribution is -2.68. The van der Waals surface area contributed by atoms with Crippen LogP contribution in [-0.2, 0) is 23.9 Å². The number of carboxylic acids is 1. The molecule has 0 aromatic heterocycles. The van der Waals surface area contributed by atoms with Crippen LogP contribution in [0.2, 0.25) is 5.02 Å². The van der Waals surface area contributed by atoms with Crippen molar-refractivity contribution in [3.63, 3.8) is 0 Å². The molecule has 1 saturated heterocycles. The Bertz CT molecular complexity index is 2190. The third-order valence-corrected chi connectivity index (χ3v) is 20.1. The lowest BCUT2D eigenvalue weighted by Gasteiger charge is -2.72. The molecule has 0 unspecified atom stereocenters. The number of ketones is 1. The van der Waals surface area contributed by atoms with E-state index in [1.54, 1.807) is 32.0 Å². The van der Waals surface area contributed by atoms with Crippen molar-refractivity contribution in [1.82, 2.24) is 15.5 Å². The van der Waals surface area contributed by atoms with Gasteiger partial charge in [0.1, 0.15) is 24.0 Å². The summed E-state index contributed by atoms with van der Waals surface area (Å²) < 4.78 is 12.6. The molecule has 6 fully saturated rings. The average molecular weight is 933 g/mol. The number of hydrogen-bond acceptors (Lipinski definition) is 8. The van der Waals surface area contributed by atoms with Crippen LogP contribution in [0.4, 0.5) is 0 Å². The minimum Gasteiger partial charge on any atom is -0.491 e. The molecule has 7 aliphatic rings. The Kier molecular flexibility index (Phi) is 12.6. The van der Waals surface area contributed by atoms with Crippen molar-refractivity contribution in [3.8, 4) is 5.75 Å².